The van der Waals surface area contributed by atoms with Crippen LogP contribution in [0.5, 0.6) is 0 Å². The van der Waals surface area contributed by atoms with Crippen molar-refractivity contribution in [1.29, 1.82) is 0 Å². The van der Waals surface area contributed by atoms with Gasteiger partial charge in [0, 0.05) is 10.9 Å². The Balaban J connectivity index is 1.79. The van der Waals surface area contributed by atoms with Crippen LogP contribution in [0.25, 0.3) is 11.0 Å². The molecular weight excluding hydrogens is 366 g/mol. The number of hydrogen-bond donors (Lipinski definition) is 1. The van der Waals surface area contributed by atoms with E-state index in [1.807, 2.05) is 60.0 Å². The van der Waals surface area contributed by atoms with Crippen molar-refractivity contribution < 1.29 is 4.79 Å². The summed E-state index contributed by atoms with van der Waals surface area (Å²) < 4.78 is 3.00. The van der Waals surface area contributed by atoms with Crippen molar-refractivity contribution in [2.45, 2.75) is 32.9 Å². The Morgan fingerprint density at radius 1 is 1.21 bits per heavy atom. The van der Waals surface area contributed by atoms with Gasteiger partial charge >= 0.3 is 0 Å². The molecule has 1 atom stereocenters. The van der Waals surface area contributed by atoms with E-state index in [1.54, 1.807) is 0 Å². The molecule has 1 unspecified atom stereocenters. The van der Waals surface area contributed by atoms with Crippen molar-refractivity contribution in [3.05, 3.63) is 64.4 Å². The maximum absolute atomic E-state index is 12.5. The molecule has 0 saturated heterocycles. The number of aryl methyl sites for hydroxylation is 1. The Hall–Kier alpha value is -2.14. The number of hydrogen-bond acceptors (Lipinski definition) is 2. The van der Waals surface area contributed by atoms with Crippen LogP contribution < -0.4 is 5.32 Å². The van der Waals surface area contributed by atoms with E-state index in [-0.39, 0.29) is 18.5 Å². The molecule has 0 saturated carbocycles. The molecule has 5 heteroatoms. The molecule has 4 nitrogen and oxygen atoms in total. The van der Waals surface area contributed by atoms with E-state index in [0.717, 1.165) is 33.3 Å². The molecule has 1 aromatic heterocycles. The van der Waals surface area contributed by atoms with Crippen molar-refractivity contribution in [3.63, 3.8) is 0 Å². The summed E-state index contributed by atoms with van der Waals surface area (Å²) >= 11 is 3.54. The van der Waals surface area contributed by atoms with E-state index in [9.17, 15) is 4.79 Å². The van der Waals surface area contributed by atoms with Crippen LogP contribution in [0.4, 0.5) is 0 Å². The number of rotatable bonds is 5. The lowest BCUT2D eigenvalue weighted by molar-refractivity contribution is -0.122. The van der Waals surface area contributed by atoms with Crippen molar-refractivity contribution in [1.82, 2.24) is 14.9 Å². The predicted molar refractivity (Wildman–Crippen MR) is 99.8 cm³/mol. The van der Waals surface area contributed by atoms with Gasteiger partial charge < -0.3 is 9.88 Å². The molecule has 3 rings (SSSR count). The first-order chi connectivity index (χ1) is 11.6. The quantitative estimate of drug-likeness (QED) is 0.713. The number of carbonyl (C=O) groups is 1. The van der Waals surface area contributed by atoms with Crippen molar-refractivity contribution in [3.8, 4) is 0 Å². The summed E-state index contributed by atoms with van der Waals surface area (Å²) in [5.41, 5.74) is 3.00. The van der Waals surface area contributed by atoms with Gasteiger partial charge in [-0.25, -0.2) is 4.98 Å². The van der Waals surface area contributed by atoms with Gasteiger partial charge in [0.2, 0.25) is 5.91 Å². The summed E-state index contributed by atoms with van der Waals surface area (Å²) in [5, 5.41) is 3.07. The number of carbonyl (C=O) groups excluding carboxylic acids is 1. The van der Waals surface area contributed by atoms with E-state index >= 15 is 0 Å². The van der Waals surface area contributed by atoms with Gasteiger partial charge in [-0.3, -0.25) is 4.79 Å². The number of nitrogens with zero attached hydrogens (tertiary/aromatic N) is 2. The molecule has 0 aliphatic rings. The fourth-order valence-corrected chi connectivity index (χ4v) is 3.53. The molecular formula is C19H20BrN3O. The highest BCUT2D eigenvalue weighted by Gasteiger charge is 2.15. The third-order valence-electron chi connectivity index (χ3n) is 4.10. The van der Waals surface area contributed by atoms with Crippen LogP contribution in [-0.2, 0) is 17.8 Å². The molecule has 0 radical (unpaired) electrons. The van der Waals surface area contributed by atoms with Crippen LogP contribution in [0.1, 0.15) is 31.3 Å². The molecule has 0 aliphatic carbocycles. The Morgan fingerprint density at radius 2 is 1.92 bits per heavy atom. The lowest BCUT2D eigenvalue weighted by Crippen LogP contribution is -2.30. The zero-order chi connectivity index (χ0) is 17.1. The van der Waals surface area contributed by atoms with Crippen molar-refractivity contribution >= 4 is 32.9 Å². The summed E-state index contributed by atoms with van der Waals surface area (Å²) in [4.78, 5) is 17.2. The zero-order valence-corrected chi connectivity index (χ0v) is 15.4. The number of fused-ring (bicyclic) bond motifs is 1. The second-order valence-electron chi connectivity index (χ2n) is 5.77. The molecule has 0 fully saturated rings. The summed E-state index contributed by atoms with van der Waals surface area (Å²) in [7, 11) is 0. The monoisotopic (exact) mass is 385 g/mol. The Bertz CT molecular complexity index is 872. The average molecular weight is 386 g/mol. The van der Waals surface area contributed by atoms with Crippen LogP contribution in [-0.4, -0.2) is 15.5 Å². The summed E-state index contributed by atoms with van der Waals surface area (Å²) in [6.45, 7) is 4.32. The second-order valence-corrected chi connectivity index (χ2v) is 6.62. The SMILES string of the molecule is CCc1nc2ccccc2n1CC(=O)NC(C)c1ccccc1Br. The van der Waals surface area contributed by atoms with Gasteiger partial charge in [-0.2, -0.15) is 0 Å². The number of amides is 1. The number of para-hydroxylation sites is 2. The molecule has 1 amide bonds. The van der Waals surface area contributed by atoms with Gasteiger partial charge in [-0.1, -0.05) is 53.2 Å². The van der Waals surface area contributed by atoms with Crippen molar-refractivity contribution in [2.75, 3.05) is 0 Å². The number of aromatic nitrogens is 2. The highest BCUT2D eigenvalue weighted by atomic mass is 79.9. The first-order valence-electron chi connectivity index (χ1n) is 8.08. The maximum atomic E-state index is 12.5. The predicted octanol–water partition coefficient (Wildman–Crippen LogP) is 4.24. The third kappa shape index (κ3) is 3.36. The van der Waals surface area contributed by atoms with Gasteiger partial charge in [0.15, 0.2) is 0 Å². The van der Waals surface area contributed by atoms with Gasteiger partial charge in [0.05, 0.1) is 17.1 Å². The lowest BCUT2D eigenvalue weighted by atomic mass is 10.1. The van der Waals surface area contributed by atoms with Crippen LogP contribution in [0, 0.1) is 0 Å². The smallest absolute Gasteiger partial charge is 0.240 e. The Labute approximate surface area is 150 Å². The minimum absolute atomic E-state index is 0.0175. The number of nitrogens with one attached hydrogen (secondary N) is 1. The molecule has 0 bridgehead atoms. The minimum Gasteiger partial charge on any atom is -0.348 e. The fraction of sp³-hybridized carbons (Fsp3) is 0.263. The molecule has 2 aromatic carbocycles. The summed E-state index contributed by atoms with van der Waals surface area (Å²) in [6.07, 6.45) is 0.793. The van der Waals surface area contributed by atoms with E-state index < -0.39 is 0 Å². The molecule has 24 heavy (non-hydrogen) atoms. The first kappa shape index (κ1) is 16.7. The first-order valence-corrected chi connectivity index (χ1v) is 8.87. The zero-order valence-electron chi connectivity index (χ0n) is 13.8. The summed E-state index contributed by atoms with van der Waals surface area (Å²) in [5.74, 6) is 0.913. The second kappa shape index (κ2) is 7.18. The number of imidazole rings is 1. The fourth-order valence-electron chi connectivity index (χ4n) is 2.91. The van der Waals surface area contributed by atoms with Crippen LogP contribution in [0.2, 0.25) is 0 Å². The molecule has 3 aromatic rings. The number of halogens is 1. The highest BCUT2D eigenvalue weighted by Crippen LogP contribution is 2.23. The van der Waals surface area contributed by atoms with Gasteiger partial charge in [-0.05, 0) is 30.7 Å². The maximum Gasteiger partial charge on any atom is 0.240 e. The van der Waals surface area contributed by atoms with Crippen LogP contribution >= 0.6 is 15.9 Å². The highest BCUT2D eigenvalue weighted by molar-refractivity contribution is 9.10. The van der Waals surface area contributed by atoms with Crippen LogP contribution in [0.3, 0.4) is 0 Å². The van der Waals surface area contributed by atoms with Gasteiger partial charge in [0.25, 0.3) is 0 Å². The van der Waals surface area contributed by atoms with E-state index in [4.69, 9.17) is 0 Å². The van der Waals surface area contributed by atoms with Gasteiger partial charge in [-0.15, -0.1) is 0 Å². The van der Waals surface area contributed by atoms with E-state index in [0.29, 0.717) is 0 Å². The molecule has 124 valence electrons. The van der Waals surface area contributed by atoms with Crippen LogP contribution in [0.15, 0.2) is 53.0 Å². The molecule has 0 aliphatic heterocycles. The average Bonchev–Trinajstić information content (AvgIpc) is 2.93. The Kier molecular flexibility index (Phi) is 5.00. The topological polar surface area (TPSA) is 46.9 Å². The lowest BCUT2D eigenvalue weighted by Gasteiger charge is -2.17. The number of benzene rings is 2. The Morgan fingerprint density at radius 3 is 2.67 bits per heavy atom. The normalized spacial score (nSPS) is 12.3. The largest absolute Gasteiger partial charge is 0.348 e. The van der Waals surface area contributed by atoms with E-state index in [2.05, 4.69) is 33.2 Å². The standard InChI is InChI=1S/C19H20BrN3O/c1-3-18-22-16-10-6-7-11-17(16)23(18)12-19(24)21-13(2)14-8-4-5-9-15(14)20/h4-11,13H,3,12H2,1-2H3,(H,21,24). The minimum atomic E-state index is -0.0621. The van der Waals surface area contributed by atoms with Gasteiger partial charge in [0.1, 0.15) is 12.4 Å². The molecule has 0 spiro atoms. The molecule has 1 N–H and O–H groups in total. The summed E-state index contributed by atoms with van der Waals surface area (Å²) in [6, 6.07) is 15.8. The third-order valence-corrected chi connectivity index (χ3v) is 4.82. The molecule has 1 heterocycles. The van der Waals surface area contributed by atoms with E-state index in [1.165, 1.54) is 0 Å². The van der Waals surface area contributed by atoms with Crippen molar-refractivity contribution in [2.24, 2.45) is 0 Å².